The summed E-state index contributed by atoms with van der Waals surface area (Å²) in [7, 11) is 0. The lowest BCUT2D eigenvalue weighted by molar-refractivity contribution is -0.114. The van der Waals surface area contributed by atoms with E-state index in [1.54, 1.807) is 54.6 Å². The second kappa shape index (κ2) is 10.4. The second-order valence-electron chi connectivity index (χ2n) is 6.28. The van der Waals surface area contributed by atoms with Crippen molar-refractivity contribution in [3.05, 3.63) is 83.4 Å². The summed E-state index contributed by atoms with van der Waals surface area (Å²) >= 11 is 5.85. The van der Waals surface area contributed by atoms with Crippen LogP contribution in [-0.4, -0.2) is 25.0 Å². The molecule has 3 aromatic carbocycles. The minimum absolute atomic E-state index is 0.114. The Kier molecular flexibility index (Phi) is 7.40. The van der Waals surface area contributed by atoms with Crippen LogP contribution in [0.1, 0.15) is 10.4 Å². The van der Waals surface area contributed by atoms with E-state index in [0.29, 0.717) is 22.0 Å². The van der Waals surface area contributed by atoms with Gasteiger partial charge < -0.3 is 20.7 Å². The molecule has 0 bridgehead atoms. The lowest BCUT2D eigenvalue weighted by atomic mass is 10.1. The highest BCUT2D eigenvalue weighted by molar-refractivity contribution is 6.30. The molecule has 0 unspecified atom stereocenters. The summed E-state index contributed by atoms with van der Waals surface area (Å²) in [5.74, 6) is -1.02. The standard InChI is InChI=1S/C22H18ClF2N3O3/c23-14-9-11-15(12-10-14)27-21(30)16-5-1-2-6-17(16)26-13-20(29)28-18-7-3-4-8-19(18)31-22(24)25/h1-12,22,26H,13H2,(H,27,30)(H,28,29). The van der Waals surface area contributed by atoms with Gasteiger partial charge in [-0.2, -0.15) is 8.78 Å². The van der Waals surface area contributed by atoms with Gasteiger partial charge >= 0.3 is 6.61 Å². The topological polar surface area (TPSA) is 79.5 Å². The van der Waals surface area contributed by atoms with Crippen LogP contribution in [0.4, 0.5) is 25.8 Å². The average Bonchev–Trinajstić information content (AvgIpc) is 2.75. The fourth-order valence-electron chi connectivity index (χ4n) is 2.71. The number of carbonyl (C=O) groups excluding carboxylic acids is 2. The van der Waals surface area contributed by atoms with Crippen molar-refractivity contribution in [2.45, 2.75) is 6.61 Å². The molecular formula is C22H18ClF2N3O3. The van der Waals surface area contributed by atoms with Gasteiger partial charge in [0.25, 0.3) is 5.91 Å². The number of ether oxygens (including phenoxy) is 1. The van der Waals surface area contributed by atoms with E-state index in [1.165, 1.54) is 18.2 Å². The average molecular weight is 446 g/mol. The van der Waals surface area contributed by atoms with E-state index in [1.807, 2.05) is 0 Å². The van der Waals surface area contributed by atoms with E-state index in [-0.39, 0.29) is 23.9 Å². The molecule has 0 aliphatic carbocycles. The van der Waals surface area contributed by atoms with Crippen molar-refractivity contribution in [3.63, 3.8) is 0 Å². The Morgan fingerprint density at radius 2 is 1.52 bits per heavy atom. The molecule has 6 nitrogen and oxygen atoms in total. The molecule has 0 aliphatic heterocycles. The predicted octanol–water partition coefficient (Wildman–Crippen LogP) is 5.24. The van der Waals surface area contributed by atoms with E-state index >= 15 is 0 Å². The molecule has 2 amide bonds. The van der Waals surface area contributed by atoms with Crippen molar-refractivity contribution in [2.24, 2.45) is 0 Å². The number of hydrogen-bond donors (Lipinski definition) is 3. The predicted molar refractivity (Wildman–Crippen MR) is 116 cm³/mol. The molecule has 31 heavy (non-hydrogen) atoms. The third-order valence-electron chi connectivity index (χ3n) is 4.09. The molecular weight excluding hydrogens is 428 g/mol. The first-order valence-electron chi connectivity index (χ1n) is 9.16. The number of carbonyl (C=O) groups is 2. The van der Waals surface area contributed by atoms with E-state index in [9.17, 15) is 18.4 Å². The molecule has 0 fully saturated rings. The van der Waals surface area contributed by atoms with Crippen molar-refractivity contribution in [2.75, 3.05) is 22.5 Å². The van der Waals surface area contributed by atoms with Gasteiger partial charge in [-0.1, -0.05) is 35.9 Å². The zero-order valence-electron chi connectivity index (χ0n) is 16.1. The fourth-order valence-corrected chi connectivity index (χ4v) is 2.83. The second-order valence-corrected chi connectivity index (χ2v) is 6.72. The number of nitrogens with one attached hydrogen (secondary N) is 3. The molecule has 0 saturated heterocycles. The van der Waals surface area contributed by atoms with Crippen LogP contribution >= 0.6 is 11.6 Å². The molecule has 0 aliphatic rings. The van der Waals surface area contributed by atoms with Crippen LogP contribution in [0, 0.1) is 0 Å². The van der Waals surface area contributed by atoms with Gasteiger partial charge in [0.05, 0.1) is 17.8 Å². The Labute approximate surface area is 182 Å². The van der Waals surface area contributed by atoms with Gasteiger partial charge in [0, 0.05) is 16.4 Å². The molecule has 0 saturated carbocycles. The highest BCUT2D eigenvalue weighted by Crippen LogP contribution is 2.25. The summed E-state index contributed by atoms with van der Waals surface area (Å²) in [6, 6.07) is 19.2. The quantitative estimate of drug-likeness (QED) is 0.443. The summed E-state index contributed by atoms with van der Waals surface area (Å²) < 4.78 is 29.4. The fraction of sp³-hybridized carbons (Fsp3) is 0.0909. The lowest BCUT2D eigenvalue weighted by Gasteiger charge is -2.14. The summed E-state index contributed by atoms with van der Waals surface area (Å²) in [6.45, 7) is -3.21. The zero-order chi connectivity index (χ0) is 22.2. The first kappa shape index (κ1) is 22.0. The normalized spacial score (nSPS) is 10.5. The molecule has 160 valence electrons. The van der Waals surface area contributed by atoms with Crippen molar-refractivity contribution >= 4 is 40.5 Å². The highest BCUT2D eigenvalue weighted by atomic mass is 35.5. The number of alkyl halides is 2. The first-order chi connectivity index (χ1) is 14.9. The monoisotopic (exact) mass is 445 g/mol. The van der Waals surface area contributed by atoms with Gasteiger partial charge in [0.2, 0.25) is 5.91 Å². The van der Waals surface area contributed by atoms with E-state index in [4.69, 9.17) is 11.6 Å². The summed E-state index contributed by atoms with van der Waals surface area (Å²) in [6.07, 6.45) is 0. The summed E-state index contributed by atoms with van der Waals surface area (Å²) in [5.41, 5.74) is 1.44. The van der Waals surface area contributed by atoms with Gasteiger partial charge in [-0.25, -0.2) is 0 Å². The van der Waals surface area contributed by atoms with Gasteiger partial charge in [-0.3, -0.25) is 9.59 Å². The van der Waals surface area contributed by atoms with Crippen LogP contribution in [0.5, 0.6) is 5.75 Å². The van der Waals surface area contributed by atoms with Crippen LogP contribution in [0.15, 0.2) is 72.8 Å². The van der Waals surface area contributed by atoms with E-state index < -0.39 is 12.5 Å². The molecule has 3 aromatic rings. The number of rotatable bonds is 8. The minimum Gasteiger partial charge on any atom is -0.433 e. The number of benzene rings is 3. The molecule has 0 radical (unpaired) electrons. The van der Waals surface area contributed by atoms with E-state index in [0.717, 1.165) is 0 Å². The maximum atomic E-state index is 12.6. The number of hydrogen-bond acceptors (Lipinski definition) is 4. The molecule has 3 rings (SSSR count). The van der Waals surface area contributed by atoms with Crippen molar-refractivity contribution in [1.82, 2.24) is 0 Å². The van der Waals surface area contributed by atoms with Crippen LogP contribution in [0.3, 0.4) is 0 Å². The Balaban J connectivity index is 1.64. The number of para-hydroxylation sites is 3. The van der Waals surface area contributed by atoms with Crippen LogP contribution in [0.25, 0.3) is 0 Å². The molecule has 0 atom stereocenters. The molecule has 0 spiro atoms. The third kappa shape index (κ3) is 6.42. The smallest absolute Gasteiger partial charge is 0.387 e. The van der Waals surface area contributed by atoms with Crippen molar-refractivity contribution in [1.29, 1.82) is 0 Å². The number of anilines is 3. The van der Waals surface area contributed by atoms with Gasteiger partial charge in [-0.15, -0.1) is 0 Å². The maximum Gasteiger partial charge on any atom is 0.387 e. The van der Waals surface area contributed by atoms with E-state index in [2.05, 4.69) is 20.7 Å². The maximum absolute atomic E-state index is 12.6. The van der Waals surface area contributed by atoms with Crippen LogP contribution in [-0.2, 0) is 4.79 Å². The third-order valence-corrected chi connectivity index (χ3v) is 4.34. The Bertz CT molecular complexity index is 1060. The Hall–Kier alpha value is -3.65. The summed E-state index contributed by atoms with van der Waals surface area (Å²) in [5, 5.41) is 8.69. The summed E-state index contributed by atoms with van der Waals surface area (Å²) in [4.78, 5) is 24.9. The van der Waals surface area contributed by atoms with Gasteiger partial charge in [0.15, 0.2) is 0 Å². The van der Waals surface area contributed by atoms with Crippen LogP contribution in [0.2, 0.25) is 5.02 Å². The van der Waals surface area contributed by atoms with Gasteiger partial charge in [-0.05, 0) is 48.5 Å². The first-order valence-corrected chi connectivity index (χ1v) is 9.53. The molecule has 9 heteroatoms. The SMILES string of the molecule is O=C(CNc1ccccc1C(=O)Nc1ccc(Cl)cc1)Nc1ccccc1OC(F)F. The van der Waals surface area contributed by atoms with Crippen molar-refractivity contribution in [3.8, 4) is 5.75 Å². The number of amides is 2. The largest absolute Gasteiger partial charge is 0.433 e. The highest BCUT2D eigenvalue weighted by Gasteiger charge is 2.14. The molecule has 0 aromatic heterocycles. The van der Waals surface area contributed by atoms with Gasteiger partial charge in [0.1, 0.15) is 5.75 Å². The Morgan fingerprint density at radius 3 is 2.23 bits per heavy atom. The lowest BCUT2D eigenvalue weighted by Crippen LogP contribution is -2.23. The van der Waals surface area contributed by atoms with Crippen molar-refractivity contribution < 1.29 is 23.1 Å². The molecule has 3 N–H and O–H groups in total. The number of halogens is 3. The van der Waals surface area contributed by atoms with Crippen LogP contribution < -0.4 is 20.7 Å². The Morgan fingerprint density at radius 1 is 0.871 bits per heavy atom. The molecule has 0 heterocycles. The zero-order valence-corrected chi connectivity index (χ0v) is 16.8. The minimum atomic E-state index is -3.01.